The van der Waals surface area contributed by atoms with E-state index in [-0.39, 0.29) is 0 Å². The molecule has 146 valence electrons. The maximum absolute atomic E-state index is 4.35. The summed E-state index contributed by atoms with van der Waals surface area (Å²) in [5.41, 5.74) is 2.73. The average molecular weight is 370 g/mol. The third-order valence-corrected chi connectivity index (χ3v) is 5.24. The van der Waals surface area contributed by atoms with Crippen molar-refractivity contribution in [2.75, 3.05) is 20.1 Å². The largest absolute Gasteiger partial charge is 0.354 e. The summed E-state index contributed by atoms with van der Waals surface area (Å²) in [6, 6.07) is 9.25. The molecule has 1 aliphatic rings. The summed E-state index contributed by atoms with van der Waals surface area (Å²) >= 11 is 0. The third-order valence-electron chi connectivity index (χ3n) is 5.24. The molecule has 0 radical (unpaired) electrons. The van der Waals surface area contributed by atoms with E-state index >= 15 is 0 Å². The Morgan fingerprint density at radius 2 is 2.00 bits per heavy atom. The average Bonchev–Trinajstić information content (AvgIpc) is 2.98. The zero-order chi connectivity index (χ0) is 19.2. The minimum absolute atomic E-state index is 0.450. The van der Waals surface area contributed by atoms with Crippen molar-refractivity contribution in [1.82, 2.24) is 30.3 Å². The highest BCUT2D eigenvalue weighted by atomic mass is 15.3. The predicted molar refractivity (Wildman–Crippen MR) is 109 cm³/mol. The van der Waals surface area contributed by atoms with Gasteiger partial charge < -0.3 is 15.2 Å². The molecule has 2 N–H and O–H groups in total. The quantitative estimate of drug-likeness (QED) is 0.621. The zero-order valence-corrected chi connectivity index (χ0v) is 16.9. The van der Waals surface area contributed by atoms with Crippen molar-refractivity contribution in [2.24, 2.45) is 12.0 Å². The minimum Gasteiger partial charge on any atom is -0.354 e. The van der Waals surface area contributed by atoms with Gasteiger partial charge in [-0.1, -0.05) is 29.8 Å². The lowest BCUT2D eigenvalue weighted by atomic mass is 10.0. The molecule has 1 aliphatic heterocycles. The van der Waals surface area contributed by atoms with Crippen LogP contribution in [-0.4, -0.2) is 51.8 Å². The number of piperidine rings is 1. The van der Waals surface area contributed by atoms with Gasteiger partial charge in [0.25, 0.3) is 0 Å². The fraction of sp³-hybridized carbons (Fsp3) is 0.550. The molecule has 0 atom stereocenters. The van der Waals surface area contributed by atoms with Crippen LogP contribution in [0.2, 0.25) is 0 Å². The molecule has 3 rings (SSSR count). The van der Waals surface area contributed by atoms with Gasteiger partial charge in [0.15, 0.2) is 11.8 Å². The number of guanidine groups is 1. The minimum atomic E-state index is 0.450. The Kier molecular flexibility index (Phi) is 6.45. The second-order valence-corrected chi connectivity index (χ2v) is 7.33. The number of nitrogens with zero attached hydrogens (tertiary/aromatic N) is 5. The number of hydrogen-bond donors (Lipinski definition) is 2. The first-order valence-corrected chi connectivity index (χ1v) is 9.65. The van der Waals surface area contributed by atoms with Gasteiger partial charge in [-0.25, -0.2) is 0 Å². The number of rotatable bonds is 5. The van der Waals surface area contributed by atoms with E-state index < -0.39 is 0 Å². The van der Waals surface area contributed by atoms with Crippen molar-refractivity contribution < 1.29 is 0 Å². The summed E-state index contributed by atoms with van der Waals surface area (Å²) in [6.07, 6.45) is 2.24. The van der Waals surface area contributed by atoms with Crippen molar-refractivity contribution >= 4 is 5.96 Å². The molecule has 1 fully saturated rings. The Morgan fingerprint density at radius 1 is 1.22 bits per heavy atom. The fourth-order valence-corrected chi connectivity index (χ4v) is 3.46. The summed E-state index contributed by atoms with van der Waals surface area (Å²) in [5, 5.41) is 15.2. The molecule has 2 heterocycles. The summed E-state index contributed by atoms with van der Waals surface area (Å²) in [4.78, 5) is 6.89. The number of nitrogens with one attached hydrogen (secondary N) is 2. The van der Waals surface area contributed by atoms with E-state index in [1.165, 1.54) is 11.1 Å². The summed E-state index contributed by atoms with van der Waals surface area (Å²) in [6.45, 7) is 7.96. The van der Waals surface area contributed by atoms with Gasteiger partial charge in [-0.2, -0.15) is 0 Å². The van der Waals surface area contributed by atoms with E-state index in [0.29, 0.717) is 12.6 Å². The molecule has 1 aromatic heterocycles. The normalized spacial score (nSPS) is 16.5. The first kappa shape index (κ1) is 19.4. The zero-order valence-electron chi connectivity index (χ0n) is 16.9. The maximum atomic E-state index is 4.35. The van der Waals surface area contributed by atoms with E-state index in [2.05, 4.69) is 61.9 Å². The summed E-state index contributed by atoms with van der Waals surface area (Å²) in [7, 11) is 3.79. The molecule has 0 unspecified atom stereocenters. The Bertz CT molecular complexity index is 772. The van der Waals surface area contributed by atoms with Crippen LogP contribution in [0.25, 0.3) is 0 Å². The van der Waals surface area contributed by atoms with Crippen LogP contribution in [-0.2, 0) is 20.1 Å². The van der Waals surface area contributed by atoms with Crippen molar-refractivity contribution in [3.05, 3.63) is 47.0 Å². The lowest BCUT2D eigenvalue weighted by Gasteiger charge is -2.33. The molecule has 7 nitrogen and oxygen atoms in total. The number of hydrogen-bond acceptors (Lipinski definition) is 4. The molecule has 0 spiro atoms. The third kappa shape index (κ3) is 5.29. The smallest absolute Gasteiger partial charge is 0.191 e. The predicted octanol–water partition coefficient (Wildman–Crippen LogP) is 1.76. The number of aliphatic imine (C=N–C) groups is 1. The van der Waals surface area contributed by atoms with Crippen molar-refractivity contribution in [3.8, 4) is 0 Å². The number of aryl methyl sites for hydroxylation is 2. The topological polar surface area (TPSA) is 70.4 Å². The van der Waals surface area contributed by atoms with Crippen molar-refractivity contribution in [3.63, 3.8) is 0 Å². The van der Waals surface area contributed by atoms with Gasteiger partial charge in [0.2, 0.25) is 0 Å². The molecule has 0 saturated carbocycles. The molecule has 1 aromatic carbocycles. The Balaban J connectivity index is 1.44. The van der Waals surface area contributed by atoms with Crippen LogP contribution in [0.15, 0.2) is 29.3 Å². The van der Waals surface area contributed by atoms with Gasteiger partial charge in [-0.3, -0.25) is 9.89 Å². The molecule has 1 saturated heterocycles. The van der Waals surface area contributed by atoms with Crippen LogP contribution >= 0.6 is 0 Å². The number of aromatic nitrogens is 3. The molecule has 0 amide bonds. The second-order valence-electron chi connectivity index (χ2n) is 7.33. The molecular formula is C20H31N7. The molecule has 27 heavy (non-hydrogen) atoms. The van der Waals surface area contributed by atoms with Gasteiger partial charge in [0, 0.05) is 39.8 Å². The van der Waals surface area contributed by atoms with Gasteiger partial charge in [0.05, 0.1) is 6.54 Å². The Hall–Kier alpha value is -2.41. The molecular weight excluding hydrogens is 338 g/mol. The summed E-state index contributed by atoms with van der Waals surface area (Å²) in [5.74, 6) is 2.65. The highest BCUT2D eigenvalue weighted by Gasteiger charge is 2.20. The SMILES string of the molecule is CN=C(NCc1nnc(C)n1C)NC1CCN(Cc2cccc(C)c2)CC1. The first-order chi connectivity index (χ1) is 13.0. The Labute approximate surface area is 161 Å². The fourth-order valence-electron chi connectivity index (χ4n) is 3.46. The first-order valence-electron chi connectivity index (χ1n) is 9.65. The lowest BCUT2D eigenvalue weighted by Crippen LogP contribution is -2.48. The Morgan fingerprint density at radius 3 is 2.63 bits per heavy atom. The van der Waals surface area contributed by atoms with Gasteiger partial charge in [-0.15, -0.1) is 10.2 Å². The highest BCUT2D eigenvalue weighted by Crippen LogP contribution is 2.14. The van der Waals surface area contributed by atoms with Crippen molar-refractivity contribution in [2.45, 2.75) is 45.8 Å². The van der Waals surface area contributed by atoms with Crippen LogP contribution in [0.1, 0.15) is 35.6 Å². The maximum Gasteiger partial charge on any atom is 0.191 e. The van der Waals surface area contributed by atoms with E-state index in [1.807, 2.05) is 25.6 Å². The standard InChI is InChI=1S/C20H31N7/c1-15-6-5-7-17(12-15)14-27-10-8-18(9-11-27)23-20(21-3)22-13-19-25-24-16(2)26(19)4/h5-7,12,18H,8-11,13-14H2,1-4H3,(H2,21,22,23). The highest BCUT2D eigenvalue weighted by molar-refractivity contribution is 5.79. The van der Waals surface area contributed by atoms with Crippen LogP contribution in [0, 0.1) is 13.8 Å². The molecule has 7 heteroatoms. The van der Waals surface area contributed by atoms with Crippen LogP contribution in [0.5, 0.6) is 0 Å². The van der Waals surface area contributed by atoms with Crippen LogP contribution in [0.3, 0.4) is 0 Å². The van der Waals surface area contributed by atoms with E-state index in [0.717, 1.165) is 50.1 Å². The van der Waals surface area contributed by atoms with Gasteiger partial charge in [-0.05, 0) is 32.3 Å². The van der Waals surface area contributed by atoms with E-state index in [4.69, 9.17) is 0 Å². The van der Waals surface area contributed by atoms with Crippen LogP contribution in [0.4, 0.5) is 0 Å². The monoisotopic (exact) mass is 369 g/mol. The number of benzene rings is 1. The molecule has 2 aromatic rings. The number of likely N-dealkylation sites (tertiary alicyclic amines) is 1. The second kappa shape index (κ2) is 8.99. The summed E-state index contributed by atoms with van der Waals surface area (Å²) < 4.78 is 1.99. The van der Waals surface area contributed by atoms with E-state index in [9.17, 15) is 0 Å². The van der Waals surface area contributed by atoms with Crippen molar-refractivity contribution in [1.29, 1.82) is 0 Å². The molecule has 0 bridgehead atoms. The van der Waals surface area contributed by atoms with Crippen LogP contribution < -0.4 is 10.6 Å². The van der Waals surface area contributed by atoms with Gasteiger partial charge >= 0.3 is 0 Å². The van der Waals surface area contributed by atoms with Gasteiger partial charge in [0.1, 0.15) is 5.82 Å². The lowest BCUT2D eigenvalue weighted by molar-refractivity contribution is 0.198. The van der Waals surface area contributed by atoms with E-state index in [1.54, 1.807) is 0 Å². The molecule has 0 aliphatic carbocycles.